The minimum absolute atomic E-state index is 0.604. The Labute approximate surface area is 194 Å². The van der Waals surface area contributed by atoms with Gasteiger partial charge in [-0.3, -0.25) is 0 Å². The van der Waals surface area contributed by atoms with Crippen molar-refractivity contribution in [3.05, 3.63) is 60.7 Å². The molecule has 1 atom stereocenters. The van der Waals surface area contributed by atoms with Gasteiger partial charge in [0.15, 0.2) is 0 Å². The molecule has 0 aliphatic carbocycles. The maximum absolute atomic E-state index is 6.47. The Balaban J connectivity index is 1.58. The first kappa shape index (κ1) is 20.4. The molecule has 0 fully saturated rings. The van der Waals surface area contributed by atoms with E-state index < -0.39 is 0 Å². The van der Waals surface area contributed by atoms with Crippen molar-refractivity contribution in [1.82, 2.24) is 0 Å². The molecule has 0 spiro atoms. The molecule has 33 heavy (non-hydrogen) atoms. The third-order valence-electron chi connectivity index (χ3n) is 7.53. The number of unbranched alkanes of at least 4 members (excludes halogenated alkanes) is 1. The summed E-state index contributed by atoms with van der Waals surface area (Å²) < 4.78 is 12.3. The molecular formula is C31H30O2. The number of hydrogen-bond donors (Lipinski definition) is 0. The summed E-state index contributed by atoms with van der Waals surface area (Å²) in [6.07, 6.45) is 4.89. The van der Waals surface area contributed by atoms with Gasteiger partial charge in [-0.25, -0.2) is 0 Å². The fourth-order valence-corrected chi connectivity index (χ4v) is 5.67. The lowest BCUT2D eigenvalue weighted by atomic mass is 9.87. The summed E-state index contributed by atoms with van der Waals surface area (Å²) in [4.78, 5) is 0. The van der Waals surface area contributed by atoms with Gasteiger partial charge in [0, 0.05) is 16.2 Å². The van der Waals surface area contributed by atoms with E-state index in [1.807, 2.05) is 0 Å². The van der Waals surface area contributed by atoms with Gasteiger partial charge in [0.25, 0.3) is 0 Å². The van der Waals surface area contributed by atoms with E-state index in [1.165, 1.54) is 62.4 Å². The summed E-state index contributed by atoms with van der Waals surface area (Å²) in [5, 5.41) is 12.7. The molecule has 1 unspecified atom stereocenters. The molecular weight excluding hydrogens is 404 g/mol. The van der Waals surface area contributed by atoms with Crippen LogP contribution >= 0.6 is 0 Å². The molecule has 0 amide bonds. The monoisotopic (exact) mass is 434 g/mol. The van der Waals surface area contributed by atoms with Crippen molar-refractivity contribution in [2.75, 3.05) is 13.7 Å². The second-order valence-corrected chi connectivity index (χ2v) is 9.43. The average Bonchev–Trinajstić information content (AvgIpc) is 2.87. The van der Waals surface area contributed by atoms with Gasteiger partial charge in [0.1, 0.15) is 11.5 Å². The lowest BCUT2D eigenvalue weighted by Crippen LogP contribution is -2.11. The molecule has 2 bridgehead atoms. The Hall–Kier alpha value is -3.26. The Kier molecular flexibility index (Phi) is 4.90. The van der Waals surface area contributed by atoms with Crippen LogP contribution in [0.5, 0.6) is 11.5 Å². The summed E-state index contributed by atoms with van der Waals surface area (Å²) in [5.41, 5.74) is 0. The highest BCUT2D eigenvalue weighted by Gasteiger charge is 2.20. The fraction of sp³-hybridized carbons (Fsp3) is 0.290. The summed E-state index contributed by atoms with van der Waals surface area (Å²) in [6, 6.07) is 22.4. The molecule has 2 heteroatoms. The number of benzene rings is 7. The van der Waals surface area contributed by atoms with E-state index >= 15 is 0 Å². The minimum Gasteiger partial charge on any atom is -0.496 e. The zero-order chi connectivity index (χ0) is 22.5. The van der Waals surface area contributed by atoms with Crippen molar-refractivity contribution in [2.45, 2.75) is 39.5 Å². The Bertz CT molecular complexity index is 1560. The molecule has 7 aromatic carbocycles. The predicted molar refractivity (Wildman–Crippen MR) is 142 cm³/mol. The van der Waals surface area contributed by atoms with Crippen LogP contribution in [0.1, 0.15) is 39.5 Å². The van der Waals surface area contributed by atoms with Gasteiger partial charge in [-0.15, -0.1) is 0 Å². The van der Waals surface area contributed by atoms with Gasteiger partial charge in [-0.1, -0.05) is 75.6 Å². The van der Waals surface area contributed by atoms with Crippen LogP contribution in [0.25, 0.3) is 53.9 Å². The molecule has 0 heterocycles. The van der Waals surface area contributed by atoms with Crippen molar-refractivity contribution in [3.8, 4) is 11.5 Å². The quantitative estimate of drug-likeness (QED) is 0.176. The second-order valence-electron chi connectivity index (χ2n) is 9.43. The molecule has 0 aromatic heterocycles. The highest BCUT2D eigenvalue weighted by atomic mass is 16.5. The van der Waals surface area contributed by atoms with Crippen LogP contribution in [0.15, 0.2) is 60.7 Å². The largest absolute Gasteiger partial charge is 0.496 e. The number of fused-ring (bicyclic) bond motifs is 2. The highest BCUT2D eigenvalue weighted by molar-refractivity contribution is 6.34. The van der Waals surface area contributed by atoms with E-state index in [0.717, 1.165) is 35.3 Å². The number of ether oxygens (including phenoxy) is 2. The molecule has 0 saturated carbocycles. The first-order valence-electron chi connectivity index (χ1n) is 12.3. The highest BCUT2D eigenvalue weighted by Crippen LogP contribution is 2.47. The second kappa shape index (κ2) is 7.95. The van der Waals surface area contributed by atoms with Gasteiger partial charge >= 0.3 is 0 Å². The third-order valence-corrected chi connectivity index (χ3v) is 7.53. The van der Waals surface area contributed by atoms with Crippen molar-refractivity contribution in [2.24, 2.45) is 5.92 Å². The van der Waals surface area contributed by atoms with Crippen molar-refractivity contribution >= 4 is 53.9 Å². The van der Waals surface area contributed by atoms with Gasteiger partial charge < -0.3 is 9.47 Å². The molecule has 166 valence electrons. The maximum atomic E-state index is 6.47. The average molecular weight is 435 g/mol. The van der Waals surface area contributed by atoms with E-state index in [2.05, 4.69) is 74.5 Å². The molecule has 0 saturated heterocycles. The molecule has 0 radical (unpaired) electrons. The van der Waals surface area contributed by atoms with Gasteiger partial charge in [0.05, 0.1) is 13.7 Å². The lowest BCUT2D eigenvalue weighted by Gasteiger charge is -2.22. The maximum Gasteiger partial charge on any atom is 0.128 e. The first-order valence-corrected chi connectivity index (χ1v) is 12.3. The number of hydrogen-bond acceptors (Lipinski definition) is 2. The predicted octanol–water partition coefficient (Wildman–Crippen LogP) is 8.93. The molecule has 7 aromatic rings. The van der Waals surface area contributed by atoms with Crippen LogP contribution in [0.4, 0.5) is 0 Å². The van der Waals surface area contributed by atoms with E-state index in [0.29, 0.717) is 5.92 Å². The van der Waals surface area contributed by atoms with E-state index in [-0.39, 0.29) is 0 Å². The normalized spacial score (nSPS) is 13.2. The van der Waals surface area contributed by atoms with E-state index in [1.54, 1.807) is 7.11 Å². The summed E-state index contributed by atoms with van der Waals surface area (Å²) in [5.74, 6) is 2.52. The van der Waals surface area contributed by atoms with E-state index in [9.17, 15) is 0 Å². The standard InChI is InChI=1S/C31H30O2/c1-4-6-8-19(5-2)18-33-28-17-26-27(32-3)16-24(28)25-15-22-12-11-20-9-7-10-21-13-14-23(31(25)26)30(22)29(20)21/h7,9-17,19H,4-6,8,18H2,1-3H3. The molecule has 0 aliphatic heterocycles. The fourth-order valence-electron chi connectivity index (χ4n) is 5.67. The van der Waals surface area contributed by atoms with Crippen LogP contribution in [-0.2, 0) is 0 Å². The zero-order valence-electron chi connectivity index (χ0n) is 19.7. The van der Waals surface area contributed by atoms with Crippen LogP contribution in [-0.4, -0.2) is 13.7 Å². The van der Waals surface area contributed by atoms with Crippen LogP contribution < -0.4 is 9.47 Å². The molecule has 0 N–H and O–H groups in total. The number of methoxy groups -OCH3 is 1. The minimum atomic E-state index is 0.604. The summed E-state index contributed by atoms with van der Waals surface area (Å²) in [7, 11) is 1.77. The van der Waals surface area contributed by atoms with Crippen LogP contribution in [0, 0.1) is 5.92 Å². The number of rotatable bonds is 8. The Morgan fingerprint density at radius 2 is 1.45 bits per heavy atom. The molecule has 7 rings (SSSR count). The van der Waals surface area contributed by atoms with Crippen molar-refractivity contribution in [3.63, 3.8) is 0 Å². The first-order chi connectivity index (χ1) is 16.2. The van der Waals surface area contributed by atoms with Crippen molar-refractivity contribution < 1.29 is 9.47 Å². The zero-order valence-corrected chi connectivity index (χ0v) is 19.7. The topological polar surface area (TPSA) is 18.5 Å². The van der Waals surface area contributed by atoms with Crippen LogP contribution in [0.2, 0.25) is 0 Å². The molecule has 0 aliphatic rings. The SMILES string of the molecule is CCCCC(CC)COc1cc2c(OC)cc1c1cc3ccc4cccc5ccc(c21)c3c45. The van der Waals surface area contributed by atoms with Crippen LogP contribution in [0.3, 0.4) is 0 Å². The lowest BCUT2D eigenvalue weighted by molar-refractivity contribution is 0.235. The van der Waals surface area contributed by atoms with Crippen molar-refractivity contribution in [1.29, 1.82) is 0 Å². The smallest absolute Gasteiger partial charge is 0.128 e. The summed E-state index contributed by atoms with van der Waals surface area (Å²) in [6.45, 7) is 5.31. The van der Waals surface area contributed by atoms with Gasteiger partial charge in [-0.05, 0) is 68.2 Å². The van der Waals surface area contributed by atoms with E-state index in [4.69, 9.17) is 9.47 Å². The molecule has 2 nitrogen and oxygen atoms in total. The Morgan fingerprint density at radius 1 is 0.697 bits per heavy atom. The summed E-state index contributed by atoms with van der Waals surface area (Å²) >= 11 is 0. The van der Waals surface area contributed by atoms with Gasteiger partial charge in [0.2, 0.25) is 0 Å². The third kappa shape index (κ3) is 3.08. The Morgan fingerprint density at radius 3 is 2.21 bits per heavy atom. The van der Waals surface area contributed by atoms with Gasteiger partial charge in [-0.2, -0.15) is 0 Å².